The SMILES string of the molecule is [C-]#[N+]c1c(Cl)cccc1Oc1ccc(S(=O)(=O)Nc2cccc(Cl)c2C)cc1. The van der Waals surface area contributed by atoms with Crippen LogP contribution in [-0.2, 0) is 10.0 Å². The summed E-state index contributed by atoms with van der Waals surface area (Å²) in [5.41, 5.74) is 1.24. The van der Waals surface area contributed by atoms with E-state index in [2.05, 4.69) is 9.57 Å². The largest absolute Gasteiger partial charge is 0.468 e. The molecule has 0 fully saturated rings. The first-order valence-corrected chi connectivity index (χ1v) is 10.3. The van der Waals surface area contributed by atoms with Gasteiger partial charge in [-0.1, -0.05) is 41.4 Å². The minimum Gasteiger partial charge on any atom is -0.468 e. The van der Waals surface area contributed by atoms with Crippen molar-refractivity contribution in [1.82, 2.24) is 0 Å². The van der Waals surface area contributed by atoms with Crippen molar-refractivity contribution < 1.29 is 13.2 Å². The van der Waals surface area contributed by atoms with Crippen LogP contribution in [0.2, 0.25) is 10.0 Å². The predicted molar refractivity (Wildman–Crippen MR) is 111 cm³/mol. The highest BCUT2D eigenvalue weighted by Crippen LogP contribution is 2.37. The third-order valence-corrected chi connectivity index (χ3v) is 6.03. The van der Waals surface area contributed by atoms with Gasteiger partial charge in [0.05, 0.1) is 22.2 Å². The van der Waals surface area contributed by atoms with E-state index in [-0.39, 0.29) is 15.6 Å². The first-order chi connectivity index (χ1) is 13.3. The number of rotatable bonds is 5. The fourth-order valence-electron chi connectivity index (χ4n) is 2.42. The molecule has 0 amide bonds. The van der Waals surface area contributed by atoms with Crippen LogP contribution in [-0.4, -0.2) is 8.42 Å². The summed E-state index contributed by atoms with van der Waals surface area (Å²) in [6.07, 6.45) is 0. The Morgan fingerprint density at radius 2 is 1.61 bits per heavy atom. The van der Waals surface area contributed by atoms with Crippen molar-refractivity contribution in [2.75, 3.05) is 4.72 Å². The molecule has 0 aliphatic heterocycles. The number of sulfonamides is 1. The molecule has 3 aromatic rings. The van der Waals surface area contributed by atoms with Crippen molar-refractivity contribution in [3.8, 4) is 11.5 Å². The molecular formula is C20H14Cl2N2O3S. The monoisotopic (exact) mass is 432 g/mol. The minimum absolute atomic E-state index is 0.0655. The fraction of sp³-hybridized carbons (Fsp3) is 0.0500. The Morgan fingerprint density at radius 1 is 0.964 bits per heavy atom. The molecule has 0 saturated carbocycles. The van der Waals surface area contributed by atoms with Crippen molar-refractivity contribution in [2.45, 2.75) is 11.8 Å². The van der Waals surface area contributed by atoms with E-state index in [9.17, 15) is 8.42 Å². The van der Waals surface area contributed by atoms with E-state index in [1.54, 1.807) is 43.3 Å². The molecule has 1 N–H and O–H groups in total. The van der Waals surface area contributed by atoms with Gasteiger partial charge in [0.2, 0.25) is 5.69 Å². The molecular weight excluding hydrogens is 419 g/mol. The number of ether oxygens (including phenoxy) is 1. The first-order valence-electron chi connectivity index (χ1n) is 8.03. The number of halogens is 2. The van der Waals surface area contributed by atoms with E-state index < -0.39 is 10.0 Å². The summed E-state index contributed by atoms with van der Waals surface area (Å²) >= 11 is 12.0. The summed E-state index contributed by atoms with van der Waals surface area (Å²) in [4.78, 5) is 3.43. The Balaban J connectivity index is 1.83. The zero-order chi connectivity index (χ0) is 20.3. The maximum atomic E-state index is 12.6. The van der Waals surface area contributed by atoms with Gasteiger partial charge in [-0.05, 0) is 55.0 Å². The fourth-order valence-corrected chi connectivity index (χ4v) is 3.93. The lowest BCUT2D eigenvalue weighted by molar-refractivity contribution is 0.485. The van der Waals surface area contributed by atoms with Crippen LogP contribution in [0.5, 0.6) is 11.5 Å². The molecule has 5 nitrogen and oxygen atoms in total. The number of hydrogen-bond acceptors (Lipinski definition) is 3. The van der Waals surface area contributed by atoms with Gasteiger partial charge in [0.1, 0.15) is 11.5 Å². The van der Waals surface area contributed by atoms with Gasteiger partial charge in [-0.25, -0.2) is 13.3 Å². The predicted octanol–water partition coefficient (Wildman–Crippen LogP) is 6.45. The van der Waals surface area contributed by atoms with E-state index in [1.807, 2.05) is 0 Å². The Labute approximate surface area is 173 Å². The van der Waals surface area contributed by atoms with Crippen LogP contribution in [0.25, 0.3) is 4.85 Å². The lowest BCUT2D eigenvalue weighted by Gasteiger charge is -2.12. The van der Waals surface area contributed by atoms with Gasteiger partial charge in [0.25, 0.3) is 10.0 Å². The third-order valence-electron chi connectivity index (χ3n) is 3.94. The van der Waals surface area contributed by atoms with Gasteiger partial charge in [-0.15, -0.1) is 0 Å². The number of nitrogens with one attached hydrogen (secondary N) is 1. The number of para-hydroxylation sites is 1. The molecule has 0 aliphatic carbocycles. The molecule has 28 heavy (non-hydrogen) atoms. The van der Waals surface area contributed by atoms with Crippen LogP contribution in [0.3, 0.4) is 0 Å². The van der Waals surface area contributed by atoms with Crippen LogP contribution < -0.4 is 9.46 Å². The maximum absolute atomic E-state index is 12.6. The van der Waals surface area contributed by atoms with Crippen LogP contribution >= 0.6 is 23.2 Å². The van der Waals surface area contributed by atoms with E-state index in [1.165, 1.54) is 24.3 Å². The van der Waals surface area contributed by atoms with Crippen molar-refractivity contribution in [1.29, 1.82) is 0 Å². The van der Waals surface area contributed by atoms with Crippen LogP contribution in [0, 0.1) is 13.5 Å². The van der Waals surface area contributed by atoms with Gasteiger partial charge in [-0.3, -0.25) is 4.72 Å². The second-order valence-electron chi connectivity index (χ2n) is 5.79. The van der Waals surface area contributed by atoms with Crippen molar-refractivity contribution in [3.63, 3.8) is 0 Å². The first kappa shape index (κ1) is 20.0. The quantitative estimate of drug-likeness (QED) is 0.471. The normalized spacial score (nSPS) is 10.9. The molecule has 8 heteroatoms. The third kappa shape index (κ3) is 4.23. The topological polar surface area (TPSA) is 59.8 Å². The molecule has 0 saturated heterocycles. The summed E-state index contributed by atoms with van der Waals surface area (Å²) in [5, 5.41) is 0.758. The lowest BCUT2D eigenvalue weighted by atomic mass is 10.2. The number of benzene rings is 3. The van der Waals surface area contributed by atoms with Crippen molar-refractivity contribution in [2.24, 2.45) is 0 Å². The van der Waals surface area contributed by atoms with Crippen LogP contribution in [0.4, 0.5) is 11.4 Å². The van der Waals surface area contributed by atoms with Gasteiger partial charge in [0, 0.05) is 5.02 Å². The zero-order valence-electron chi connectivity index (χ0n) is 14.6. The highest BCUT2D eigenvalue weighted by Gasteiger charge is 2.16. The summed E-state index contributed by atoms with van der Waals surface area (Å²) in [6, 6.07) is 15.7. The Morgan fingerprint density at radius 3 is 2.29 bits per heavy atom. The van der Waals surface area contributed by atoms with E-state index in [0.29, 0.717) is 27.8 Å². The highest BCUT2D eigenvalue weighted by molar-refractivity contribution is 7.92. The van der Waals surface area contributed by atoms with Gasteiger partial charge < -0.3 is 4.74 Å². The summed E-state index contributed by atoms with van der Waals surface area (Å²) in [6.45, 7) is 8.94. The zero-order valence-corrected chi connectivity index (χ0v) is 16.9. The van der Waals surface area contributed by atoms with E-state index >= 15 is 0 Å². The molecule has 0 radical (unpaired) electrons. The lowest BCUT2D eigenvalue weighted by Crippen LogP contribution is -2.13. The number of anilines is 1. The summed E-state index contributed by atoms with van der Waals surface area (Å²) in [7, 11) is -3.80. The van der Waals surface area contributed by atoms with Gasteiger partial charge in [0.15, 0.2) is 0 Å². The second-order valence-corrected chi connectivity index (χ2v) is 8.29. The molecule has 0 aromatic heterocycles. The second kappa shape index (κ2) is 8.11. The molecule has 0 unspecified atom stereocenters. The van der Waals surface area contributed by atoms with Crippen LogP contribution in [0.15, 0.2) is 65.6 Å². The average Bonchev–Trinajstić information content (AvgIpc) is 2.66. The van der Waals surface area contributed by atoms with E-state index in [4.69, 9.17) is 34.5 Å². The smallest absolute Gasteiger partial charge is 0.261 e. The number of nitrogens with zero attached hydrogens (tertiary/aromatic N) is 1. The minimum atomic E-state index is -3.80. The molecule has 3 rings (SSSR count). The Hall–Kier alpha value is -2.72. The highest BCUT2D eigenvalue weighted by atomic mass is 35.5. The maximum Gasteiger partial charge on any atom is 0.261 e. The molecule has 0 bridgehead atoms. The van der Waals surface area contributed by atoms with Gasteiger partial charge >= 0.3 is 0 Å². The van der Waals surface area contributed by atoms with Gasteiger partial charge in [-0.2, -0.15) is 0 Å². The number of hydrogen-bond donors (Lipinski definition) is 1. The molecule has 0 atom stereocenters. The van der Waals surface area contributed by atoms with Crippen molar-refractivity contribution >= 4 is 44.6 Å². The standard InChI is InChI=1S/C20H14Cl2N2O3S/c1-13-16(21)5-3-7-18(13)24-28(25,26)15-11-9-14(10-12-15)27-19-8-4-6-17(22)20(19)23-2/h3-12,24H,1H3. The molecule has 0 aliphatic rings. The van der Waals surface area contributed by atoms with Crippen molar-refractivity contribution in [3.05, 3.63) is 87.7 Å². The Bertz CT molecular complexity index is 1170. The molecule has 142 valence electrons. The molecule has 3 aromatic carbocycles. The summed E-state index contributed by atoms with van der Waals surface area (Å²) < 4.78 is 33.5. The molecule has 0 spiro atoms. The average molecular weight is 433 g/mol. The van der Waals surface area contributed by atoms with Crippen LogP contribution in [0.1, 0.15) is 5.56 Å². The molecule has 0 heterocycles. The Kier molecular flexibility index (Phi) is 5.80. The van der Waals surface area contributed by atoms with E-state index in [0.717, 1.165) is 0 Å². The summed E-state index contributed by atoms with van der Waals surface area (Å²) in [5.74, 6) is 0.677.